The summed E-state index contributed by atoms with van der Waals surface area (Å²) in [5.74, 6) is 0.844. The Kier molecular flexibility index (Phi) is 4.99. The van der Waals surface area contributed by atoms with E-state index in [1.807, 2.05) is 36.4 Å². The molecular weight excluding hydrogens is 350 g/mol. The Morgan fingerprint density at radius 1 is 0.870 bits per heavy atom. The maximum atomic E-state index is 5.48. The molecule has 0 aliphatic carbocycles. The Morgan fingerprint density at radius 2 is 1.61 bits per heavy atom. The van der Waals surface area contributed by atoms with Gasteiger partial charge in [0.1, 0.15) is 5.75 Å². The molecule has 2 nitrogen and oxygen atoms in total. The van der Waals surface area contributed by atoms with Gasteiger partial charge >= 0.3 is 0 Å². The molecule has 0 heterocycles. The Morgan fingerprint density at radius 3 is 2.35 bits per heavy atom. The number of nitrogens with one attached hydrogen (secondary N) is 1. The molecule has 3 rings (SSSR count). The van der Waals surface area contributed by atoms with E-state index in [2.05, 4.69) is 57.6 Å². The summed E-state index contributed by atoms with van der Waals surface area (Å²) in [6, 6.07) is 24.8. The zero-order chi connectivity index (χ0) is 16.1. The van der Waals surface area contributed by atoms with Gasteiger partial charge in [0.15, 0.2) is 0 Å². The third-order valence-electron chi connectivity index (χ3n) is 3.73. The Balaban J connectivity index is 1.87. The van der Waals surface area contributed by atoms with Crippen molar-refractivity contribution in [2.24, 2.45) is 0 Å². The minimum atomic E-state index is 0.732. The molecular formula is C20H18BrNO. The zero-order valence-corrected chi connectivity index (χ0v) is 14.5. The first-order valence-corrected chi connectivity index (χ1v) is 8.28. The van der Waals surface area contributed by atoms with Crippen LogP contribution in [-0.2, 0) is 6.54 Å². The fourth-order valence-corrected chi connectivity index (χ4v) is 2.91. The number of anilines is 1. The molecule has 3 aromatic carbocycles. The summed E-state index contributed by atoms with van der Waals surface area (Å²) in [6.45, 7) is 0.732. The van der Waals surface area contributed by atoms with Gasteiger partial charge < -0.3 is 10.1 Å². The number of methoxy groups -OCH3 is 1. The predicted molar refractivity (Wildman–Crippen MR) is 99.9 cm³/mol. The normalized spacial score (nSPS) is 10.3. The van der Waals surface area contributed by atoms with Crippen LogP contribution < -0.4 is 10.1 Å². The van der Waals surface area contributed by atoms with E-state index in [4.69, 9.17) is 4.74 Å². The van der Waals surface area contributed by atoms with E-state index in [0.717, 1.165) is 22.5 Å². The van der Waals surface area contributed by atoms with Crippen molar-refractivity contribution in [1.82, 2.24) is 0 Å². The van der Waals surface area contributed by atoms with Crippen LogP contribution in [-0.4, -0.2) is 7.11 Å². The van der Waals surface area contributed by atoms with Gasteiger partial charge in [0, 0.05) is 11.0 Å². The molecule has 0 saturated carbocycles. The second kappa shape index (κ2) is 7.34. The largest absolute Gasteiger partial charge is 0.495 e. The molecule has 0 radical (unpaired) electrons. The van der Waals surface area contributed by atoms with Gasteiger partial charge in [-0.3, -0.25) is 0 Å². The summed E-state index contributed by atoms with van der Waals surface area (Å²) in [6.07, 6.45) is 0. The minimum absolute atomic E-state index is 0.732. The maximum absolute atomic E-state index is 5.48. The Bertz CT molecular complexity index is 787. The molecule has 0 fully saturated rings. The molecule has 0 spiro atoms. The van der Waals surface area contributed by atoms with Gasteiger partial charge in [0.05, 0.1) is 12.8 Å². The standard InChI is InChI=1S/C20H18BrNO/c1-23-20-12-11-16(15-7-3-2-4-8-15)13-19(20)22-14-17-9-5-6-10-18(17)21/h2-13,22H,14H2,1H3. The Hall–Kier alpha value is -2.26. The maximum Gasteiger partial charge on any atom is 0.141 e. The summed E-state index contributed by atoms with van der Waals surface area (Å²) in [5, 5.41) is 3.48. The molecule has 3 aromatic rings. The summed E-state index contributed by atoms with van der Waals surface area (Å²) in [5.41, 5.74) is 4.56. The number of benzene rings is 3. The van der Waals surface area contributed by atoms with E-state index >= 15 is 0 Å². The summed E-state index contributed by atoms with van der Waals surface area (Å²) in [4.78, 5) is 0. The molecule has 0 bridgehead atoms. The second-order valence-corrected chi connectivity index (χ2v) is 6.08. The average Bonchev–Trinajstić information content (AvgIpc) is 2.61. The lowest BCUT2D eigenvalue weighted by atomic mass is 10.0. The van der Waals surface area contributed by atoms with E-state index in [1.54, 1.807) is 7.11 Å². The van der Waals surface area contributed by atoms with Crippen molar-refractivity contribution >= 4 is 21.6 Å². The van der Waals surface area contributed by atoms with Gasteiger partial charge in [0.2, 0.25) is 0 Å². The van der Waals surface area contributed by atoms with Gasteiger partial charge in [-0.05, 0) is 34.9 Å². The fourth-order valence-electron chi connectivity index (χ4n) is 2.49. The number of ether oxygens (including phenoxy) is 1. The van der Waals surface area contributed by atoms with Crippen molar-refractivity contribution in [2.45, 2.75) is 6.54 Å². The minimum Gasteiger partial charge on any atom is -0.495 e. The Labute approximate surface area is 145 Å². The van der Waals surface area contributed by atoms with E-state index in [9.17, 15) is 0 Å². The first kappa shape index (κ1) is 15.6. The number of hydrogen-bond donors (Lipinski definition) is 1. The smallest absolute Gasteiger partial charge is 0.141 e. The average molecular weight is 368 g/mol. The van der Waals surface area contributed by atoms with Gasteiger partial charge in [-0.1, -0.05) is 70.5 Å². The molecule has 0 unspecified atom stereocenters. The molecule has 0 amide bonds. The molecule has 0 aromatic heterocycles. The lowest BCUT2D eigenvalue weighted by molar-refractivity contribution is 0.416. The molecule has 3 heteroatoms. The van der Waals surface area contributed by atoms with E-state index in [-0.39, 0.29) is 0 Å². The SMILES string of the molecule is COc1ccc(-c2ccccc2)cc1NCc1ccccc1Br. The van der Waals surface area contributed by atoms with Gasteiger partial charge in [0.25, 0.3) is 0 Å². The molecule has 0 aliphatic heterocycles. The van der Waals surface area contributed by atoms with Crippen LogP contribution >= 0.6 is 15.9 Å². The highest BCUT2D eigenvalue weighted by Crippen LogP contribution is 2.31. The number of rotatable bonds is 5. The van der Waals surface area contributed by atoms with Crippen molar-refractivity contribution in [3.05, 3.63) is 82.8 Å². The van der Waals surface area contributed by atoms with Crippen LogP contribution in [0.2, 0.25) is 0 Å². The highest BCUT2D eigenvalue weighted by atomic mass is 79.9. The molecule has 0 aliphatic rings. The van der Waals surface area contributed by atoms with Crippen molar-refractivity contribution in [3.63, 3.8) is 0 Å². The highest BCUT2D eigenvalue weighted by Gasteiger charge is 2.07. The number of halogens is 1. The zero-order valence-electron chi connectivity index (χ0n) is 12.9. The monoisotopic (exact) mass is 367 g/mol. The summed E-state index contributed by atoms with van der Waals surface area (Å²) in [7, 11) is 1.70. The summed E-state index contributed by atoms with van der Waals surface area (Å²) < 4.78 is 6.58. The molecule has 23 heavy (non-hydrogen) atoms. The van der Waals surface area contributed by atoms with E-state index in [1.165, 1.54) is 16.7 Å². The van der Waals surface area contributed by atoms with Gasteiger partial charge in [-0.25, -0.2) is 0 Å². The van der Waals surface area contributed by atoms with Crippen LogP contribution in [0.4, 0.5) is 5.69 Å². The van der Waals surface area contributed by atoms with Crippen LogP contribution in [0.3, 0.4) is 0 Å². The van der Waals surface area contributed by atoms with Gasteiger partial charge in [-0.15, -0.1) is 0 Å². The first-order chi connectivity index (χ1) is 11.3. The van der Waals surface area contributed by atoms with Crippen molar-refractivity contribution in [3.8, 4) is 16.9 Å². The van der Waals surface area contributed by atoms with Crippen LogP contribution in [0.1, 0.15) is 5.56 Å². The fraction of sp³-hybridized carbons (Fsp3) is 0.100. The van der Waals surface area contributed by atoms with Crippen molar-refractivity contribution < 1.29 is 4.74 Å². The molecule has 0 saturated heterocycles. The first-order valence-electron chi connectivity index (χ1n) is 7.48. The lowest BCUT2D eigenvalue weighted by Crippen LogP contribution is -2.02. The third kappa shape index (κ3) is 3.74. The molecule has 1 N–H and O–H groups in total. The van der Waals surface area contributed by atoms with E-state index in [0.29, 0.717) is 0 Å². The van der Waals surface area contributed by atoms with E-state index < -0.39 is 0 Å². The molecule has 0 atom stereocenters. The van der Waals surface area contributed by atoms with Gasteiger partial charge in [-0.2, -0.15) is 0 Å². The third-order valence-corrected chi connectivity index (χ3v) is 4.51. The molecule has 116 valence electrons. The van der Waals surface area contributed by atoms with Crippen LogP contribution in [0.25, 0.3) is 11.1 Å². The quantitative estimate of drug-likeness (QED) is 0.620. The lowest BCUT2D eigenvalue weighted by Gasteiger charge is -2.14. The van der Waals surface area contributed by atoms with Crippen molar-refractivity contribution in [1.29, 1.82) is 0 Å². The van der Waals surface area contributed by atoms with Crippen LogP contribution in [0.5, 0.6) is 5.75 Å². The van der Waals surface area contributed by atoms with Crippen LogP contribution in [0, 0.1) is 0 Å². The summed E-state index contributed by atoms with van der Waals surface area (Å²) >= 11 is 3.59. The second-order valence-electron chi connectivity index (χ2n) is 5.23. The van der Waals surface area contributed by atoms with Crippen molar-refractivity contribution in [2.75, 3.05) is 12.4 Å². The number of hydrogen-bond acceptors (Lipinski definition) is 2. The predicted octanol–water partition coefficient (Wildman–Crippen LogP) is 5.74. The topological polar surface area (TPSA) is 21.3 Å². The van der Waals surface area contributed by atoms with Crippen LogP contribution in [0.15, 0.2) is 77.3 Å². The highest BCUT2D eigenvalue weighted by molar-refractivity contribution is 9.10.